The molecule has 5 heteroatoms. The maximum absolute atomic E-state index is 13.1. The Morgan fingerprint density at radius 2 is 1.56 bits per heavy atom. The SMILES string of the molecule is Cc1cc(F)ccc1NC(=O)CNC(=O)c1ccc(-c2ccccc2)cc1. The summed E-state index contributed by atoms with van der Waals surface area (Å²) < 4.78 is 13.1. The first kappa shape index (κ1) is 18.3. The highest BCUT2D eigenvalue weighted by molar-refractivity contribution is 5.99. The quantitative estimate of drug-likeness (QED) is 0.716. The number of carbonyl (C=O) groups excluding carboxylic acids is 2. The van der Waals surface area contributed by atoms with Gasteiger partial charge in [0.1, 0.15) is 5.82 Å². The first-order valence-corrected chi connectivity index (χ1v) is 8.52. The Balaban J connectivity index is 1.56. The molecule has 0 unspecified atom stereocenters. The maximum atomic E-state index is 13.1. The van der Waals surface area contributed by atoms with E-state index in [0.717, 1.165) is 11.1 Å². The van der Waals surface area contributed by atoms with Gasteiger partial charge in [0.2, 0.25) is 5.91 Å². The molecular weight excluding hydrogens is 343 g/mol. The zero-order valence-corrected chi connectivity index (χ0v) is 14.8. The number of halogens is 1. The minimum absolute atomic E-state index is 0.171. The van der Waals surface area contributed by atoms with E-state index in [2.05, 4.69) is 10.6 Å². The number of carbonyl (C=O) groups is 2. The Kier molecular flexibility index (Phi) is 5.61. The molecule has 0 radical (unpaired) electrons. The van der Waals surface area contributed by atoms with Crippen LogP contribution < -0.4 is 10.6 Å². The molecule has 0 aromatic heterocycles. The molecule has 0 atom stereocenters. The highest BCUT2D eigenvalue weighted by Crippen LogP contribution is 2.19. The van der Waals surface area contributed by atoms with Crippen molar-refractivity contribution in [3.63, 3.8) is 0 Å². The van der Waals surface area contributed by atoms with E-state index in [1.807, 2.05) is 42.5 Å². The summed E-state index contributed by atoms with van der Waals surface area (Å²) in [5.74, 6) is -1.07. The zero-order valence-electron chi connectivity index (χ0n) is 14.8. The molecule has 0 saturated carbocycles. The predicted octanol–water partition coefficient (Wildman–Crippen LogP) is 4.17. The second kappa shape index (κ2) is 8.27. The van der Waals surface area contributed by atoms with E-state index in [4.69, 9.17) is 0 Å². The van der Waals surface area contributed by atoms with Crippen molar-refractivity contribution in [2.75, 3.05) is 11.9 Å². The molecule has 0 fully saturated rings. The number of rotatable bonds is 5. The molecule has 0 saturated heterocycles. The Hall–Kier alpha value is -3.47. The maximum Gasteiger partial charge on any atom is 0.251 e. The Bertz CT molecular complexity index is 954. The third-order valence-corrected chi connectivity index (χ3v) is 4.13. The summed E-state index contributed by atoms with van der Waals surface area (Å²) in [4.78, 5) is 24.2. The second-order valence-electron chi connectivity index (χ2n) is 6.13. The molecular formula is C22H19FN2O2. The van der Waals surface area contributed by atoms with Crippen LogP contribution in [0.15, 0.2) is 72.8 Å². The first-order chi connectivity index (χ1) is 13.0. The summed E-state index contributed by atoms with van der Waals surface area (Å²) in [5.41, 5.74) is 3.68. The molecule has 0 heterocycles. The van der Waals surface area contributed by atoms with Crippen molar-refractivity contribution in [2.24, 2.45) is 0 Å². The van der Waals surface area contributed by atoms with E-state index in [9.17, 15) is 14.0 Å². The third-order valence-electron chi connectivity index (χ3n) is 4.13. The average molecular weight is 362 g/mol. The molecule has 2 amide bonds. The number of hydrogen-bond donors (Lipinski definition) is 2. The number of anilines is 1. The summed E-state index contributed by atoms with van der Waals surface area (Å²) in [6, 6.07) is 21.1. The molecule has 0 bridgehead atoms. The highest BCUT2D eigenvalue weighted by Gasteiger charge is 2.10. The normalized spacial score (nSPS) is 10.3. The van der Waals surface area contributed by atoms with Gasteiger partial charge in [0.25, 0.3) is 5.91 Å². The molecule has 27 heavy (non-hydrogen) atoms. The van der Waals surface area contributed by atoms with Gasteiger partial charge in [-0.2, -0.15) is 0 Å². The summed E-state index contributed by atoms with van der Waals surface area (Å²) in [5, 5.41) is 5.24. The fourth-order valence-electron chi connectivity index (χ4n) is 2.67. The van der Waals surface area contributed by atoms with Gasteiger partial charge in [0.15, 0.2) is 0 Å². The van der Waals surface area contributed by atoms with Crippen LogP contribution in [0.1, 0.15) is 15.9 Å². The summed E-state index contributed by atoms with van der Waals surface area (Å²) in [7, 11) is 0. The van der Waals surface area contributed by atoms with Gasteiger partial charge in [0, 0.05) is 11.3 Å². The van der Waals surface area contributed by atoms with Crippen molar-refractivity contribution in [1.29, 1.82) is 0 Å². The van der Waals surface area contributed by atoms with E-state index in [0.29, 0.717) is 16.8 Å². The van der Waals surface area contributed by atoms with Crippen LogP contribution in [-0.2, 0) is 4.79 Å². The van der Waals surface area contributed by atoms with Crippen LogP contribution in [0.25, 0.3) is 11.1 Å². The Labute approximate surface area is 157 Å². The van der Waals surface area contributed by atoms with Crippen LogP contribution >= 0.6 is 0 Å². The lowest BCUT2D eigenvalue weighted by Crippen LogP contribution is -2.33. The monoisotopic (exact) mass is 362 g/mol. The summed E-state index contributed by atoms with van der Waals surface area (Å²) >= 11 is 0. The number of hydrogen-bond acceptors (Lipinski definition) is 2. The molecule has 0 spiro atoms. The molecule has 0 aliphatic heterocycles. The summed E-state index contributed by atoms with van der Waals surface area (Å²) in [6.45, 7) is 1.53. The minimum atomic E-state index is -0.376. The van der Waals surface area contributed by atoms with E-state index in [-0.39, 0.29) is 24.2 Å². The van der Waals surface area contributed by atoms with Gasteiger partial charge in [-0.15, -0.1) is 0 Å². The lowest BCUT2D eigenvalue weighted by Gasteiger charge is -2.10. The van der Waals surface area contributed by atoms with Gasteiger partial charge in [-0.25, -0.2) is 4.39 Å². The fraction of sp³-hybridized carbons (Fsp3) is 0.0909. The van der Waals surface area contributed by atoms with Crippen molar-refractivity contribution < 1.29 is 14.0 Å². The van der Waals surface area contributed by atoms with E-state index < -0.39 is 0 Å². The Morgan fingerprint density at radius 3 is 2.22 bits per heavy atom. The number of nitrogens with one attached hydrogen (secondary N) is 2. The van der Waals surface area contributed by atoms with Gasteiger partial charge in [-0.1, -0.05) is 42.5 Å². The van der Waals surface area contributed by atoms with Crippen molar-refractivity contribution in [3.05, 3.63) is 89.7 Å². The van der Waals surface area contributed by atoms with E-state index in [1.165, 1.54) is 18.2 Å². The molecule has 2 N–H and O–H groups in total. The molecule has 136 valence electrons. The predicted molar refractivity (Wildman–Crippen MR) is 104 cm³/mol. The van der Waals surface area contributed by atoms with Crippen LogP contribution in [0.2, 0.25) is 0 Å². The van der Waals surface area contributed by atoms with Gasteiger partial charge < -0.3 is 10.6 Å². The second-order valence-corrected chi connectivity index (χ2v) is 6.13. The Morgan fingerprint density at radius 1 is 0.889 bits per heavy atom. The lowest BCUT2D eigenvalue weighted by atomic mass is 10.0. The lowest BCUT2D eigenvalue weighted by molar-refractivity contribution is -0.115. The van der Waals surface area contributed by atoms with Crippen molar-refractivity contribution in [1.82, 2.24) is 5.32 Å². The molecule has 0 aliphatic carbocycles. The van der Waals surface area contributed by atoms with Crippen LogP contribution in [-0.4, -0.2) is 18.4 Å². The largest absolute Gasteiger partial charge is 0.343 e. The fourth-order valence-corrected chi connectivity index (χ4v) is 2.67. The van der Waals surface area contributed by atoms with Crippen LogP contribution in [0.3, 0.4) is 0 Å². The number of amides is 2. The van der Waals surface area contributed by atoms with Crippen molar-refractivity contribution >= 4 is 17.5 Å². The number of aryl methyl sites for hydroxylation is 1. The van der Waals surface area contributed by atoms with E-state index >= 15 is 0 Å². The molecule has 3 aromatic rings. The smallest absolute Gasteiger partial charge is 0.251 e. The molecule has 0 aliphatic rings. The van der Waals surface area contributed by atoms with Gasteiger partial charge in [-0.05, 0) is 53.9 Å². The molecule has 3 rings (SSSR count). The van der Waals surface area contributed by atoms with Crippen molar-refractivity contribution in [3.8, 4) is 11.1 Å². The van der Waals surface area contributed by atoms with Gasteiger partial charge in [-0.3, -0.25) is 9.59 Å². The zero-order chi connectivity index (χ0) is 19.2. The van der Waals surface area contributed by atoms with Gasteiger partial charge in [0.05, 0.1) is 6.54 Å². The summed E-state index contributed by atoms with van der Waals surface area (Å²) in [6.07, 6.45) is 0. The van der Waals surface area contributed by atoms with Crippen LogP contribution in [0.5, 0.6) is 0 Å². The first-order valence-electron chi connectivity index (χ1n) is 8.52. The van der Waals surface area contributed by atoms with Crippen LogP contribution in [0.4, 0.5) is 10.1 Å². The number of benzene rings is 3. The van der Waals surface area contributed by atoms with Crippen molar-refractivity contribution in [2.45, 2.75) is 6.92 Å². The molecule has 3 aromatic carbocycles. The van der Waals surface area contributed by atoms with Crippen LogP contribution in [0, 0.1) is 12.7 Å². The van der Waals surface area contributed by atoms with E-state index in [1.54, 1.807) is 19.1 Å². The third kappa shape index (κ3) is 4.79. The standard InChI is InChI=1S/C22H19FN2O2/c1-15-13-19(23)11-12-20(15)25-21(26)14-24-22(27)18-9-7-17(8-10-18)16-5-3-2-4-6-16/h2-13H,14H2,1H3,(H,24,27)(H,25,26). The highest BCUT2D eigenvalue weighted by atomic mass is 19.1. The minimum Gasteiger partial charge on any atom is -0.343 e. The molecule has 4 nitrogen and oxygen atoms in total. The average Bonchev–Trinajstić information content (AvgIpc) is 2.69. The van der Waals surface area contributed by atoms with Gasteiger partial charge >= 0.3 is 0 Å². The topological polar surface area (TPSA) is 58.2 Å².